The van der Waals surface area contributed by atoms with E-state index in [1.165, 1.54) is 0 Å². The van der Waals surface area contributed by atoms with Crippen LogP contribution >= 0.6 is 11.6 Å². The molecule has 1 radical (unpaired) electrons. The summed E-state index contributed by atoms with van der Waals surface area (Å²) in [6, 6.07) is 6.78. The lowest BCUT2D eigenvalue weighted by atomic mass is 10.3. The van der Waals surface area contributed by atoms with Gasteiger partial charge in [0.05, 0.1) is 10.7 Å². The fourth-order valence-electron chi connectivity index (χ4n) is 0.544. The van der Waals surface area contributed by atoms with Gasteiger partial charge in [-0.05, 0) is 12.1 Å². The van der Waals surface area contributed by atoms with Crippen molar-refractivity contribution < 1.29 is 5.21 Å². The smallest absolute Gasteiger partial charge is 0.0821 e. The van der Waals surface area contributed by atoms with Crippen LogP contribution in [-0.2, 0) is 5.21 Å². The van der Waals surface area contributed by atoms with Crippen LogP contribution in [0.1, 0.15) is 0 Å². The molecular weight excluding hydrogens is 138 g/mol. The molecule has 1 aromatic rings. The highest BCUT2D eigenvalue weighted by Crippen LogP contribution is 2.18. The number of hydrogen-bond acceptors (Lipinski definition) is 1. The van der Waals surface area contributed by atoms with Crippen LogP contribution < -0.4 is 5.48 Å². The molecule has 0 spiro atoms. The van der Waals surface area contributed by atoms with Crippen LogP contribution in [0, 0.1) is 0 Å². The molecule has 0 aliphatic heterocycles. The zero-order valence-electron chi connectivity index (χ0n) is 4.60. The average molecular weight is 143 g/mol. The topological polar surface area (TPSA) is 31.9 Å². The molecule has 1 aromatic carbocycles. The molecule has 1 N–H and O–H groups in total. The van der Waals surface area contributed by atoms with Gasteiger partial charge in [-0.2, -0.15) is 0 Å². The molecule has 0 aromatic heterocycles. The van der Waals surface area contributed by atoms with E-state index in [2.05, 4.69) is 0 Å². The molecule has 2 nitrogen and oxygen atoms in total. The van der Waals surface area contributed by atoms with E-state index in [9.17, 15) is 5.21 Å². The van der Waals surface area contributed by atoms with Gasteiger partial charge in [-0.3, -0.25) is 0 Å². The van der Waals surface area contributed by atoms with E-state index in [0.29, 0.717) is 10.7 Å². The van der Waals surface area contributed by atoms with Crippen molar-refractivity contribution in [2.75, 3.05) is 5.48 Å². The Morgan fingerprint density at radius 2 is 2.00 bits per heavy atom. The predicted octanol–water partition coefficient (Wildman–Crippen LogP) is 2.10. The van der Waals surface area contributed by atoms with E-state index in [4.69, 9.17) is 11.6 Å². The van der Waals surface area contributed by atoms with E-state index in [1.54, 1.807) is 29.7 Å². The number of benzene rings is 1. The molecule has 0 saturated heterocycles. The van der Waals surface area contributed by atoms with E-state index >= 15 is 0 Å². The van der Waals surface area contributed by atoms with Crippen molar-refractivity contribution in [1.82, 2.24) is 0 Å². The van der Waals surface area contributed by atoms with Crippen LogP contribution in [0.4, 0.5) is 5.69 Å². The van der Waals surface area contributed by atoms with Crippen molar-refractivity contribution in [1.29, 1.82) is 0 Å². The van der Waals surface area contributed by atoms with Crippen molar-refractivity contribution in [2.45, 2.75) is 0 Å². The van der Waals surface area contributed by atoms with Crippen molar-refractivity contribution >= 4 is 17.3 Å². The fourth-order valence-corrected chi connectivity index (χ4v) is 0.718. The Labute approximate surface area is 58.0 Å². The summed E-state index contributed by atoms with van der Waals surface area (Å²) in [6.45, 7) is 0. The maximum absolute atomic E-state index is 10.0. The van der Waals surface area contributed by atoms with Gasteiger partial charge in [-0.25, -0.2) is 5.48 Å². The van der Waals surface area contributed by atoms with Crippen LogP contribution in [0.2, 0.25) is 5.02 Å². The number of nitrogens with one attached hydrogen (secondary N) is 1. The summed E-state index contributed by atoms with van der Waals surface area (Å²) in [5.74, 6) is 0. The summed E-state index contributed by atoms with van der Waals surface area (Å²) < 4.78 is 0. The van der Waals surface area contributed by atoms with Gasteiger partial charge in [0, 0.05) is 0 Å². The third-order valence-electron chi connectivity index (χ3n) is 0.984. The number of para-hydroxylation sites is 1. The average Bonchev–Trinajstić information content (AvgIpc) is 1.89. The van der Waals surface area contributed by atoms with Gasteiger partial charge in [-0.15, -0.1) is 0 Å². The minimum atomic E-state index is 0.416. The maximum atomic E-state index is 10.0. The second-order valence-corrected chi connectivity index (χ2v) is 1.99. The van der Waals surface area contributed by atoms with E-state index in [-0.39, 0.29) is 0 Å². The van der Waals surface area contributed by atoms with Crippen LogP contribution in [0.5, 0.6) is 0 Å². The highest BCUT2D eigenvalue weighted by atomic mass is 35.5. The summed E-state index contributed by atoms with van der Waals surface area (Å²) in [7, 11) is 0. The molecule has 0 heterocycles. The number of anilines is 1. The van der Waals surface area contributed by atoms with Gasteiger partial charge in [0.25, 0.3) is 0 Å². The largest absolute Gasteiger partial charge is 0.232 e. The minimum Gasteiger partial charge on any atom is -0.232 e. The Morgan fingerprint density at radius 3 is 2.44 bits per heavy atom. The van der Waals surface area contributed by atoms with Crippen molar-refractivity contribution in [3.8, 4) is 0 Å². The second kappa shape index (κ2) is 2.71. The predicted molar refractivity (Wildman–Crippen MR) is 35.8 cm³/mol. The van der Waals surface area contributed by atoms with Crippen molar-refractivity contribution in [3.05, 3.63) is 29.3 Å². The normalized spacial score (nSPS) is 9.11. The van der Waals surface area contributed by atoms with E-state index < -0.39 is 0 Å². The maximum Gasteiger partial charge on any atom is 0.0821 e. The first-order valence-electron chi connectivity index (χ1n) is 2.47. The van der Waals surface area contributed by atoms with Crippen molar-refractivity contribution in [2.24, 2.45) is 0 Å². The second-order valence-electron chi connectivity index (χ2n) is 1.58. The van der Waals surface area contributed by atoms with Crippen LogP contribution in [0.3, 0.4) is 0 Å². The highest BCUT2D eigenvalue weighted by Gasteiger charge is 1.93. The Morgan fingerprint density at radius 1 is 1.33 bits per heavy atom. The van der Waals surface area contributed by atoms with Gasteiger partial charge in [-0.1, -0.05) is 28.9 Å². The van der Waals surface area contributed by atoms with Gasteiger partial charge in [0.2, 0.25) is 0 Å². The molecule has 0 unspecified atom stereocenters. The first-order chi connectivity index (χ1) is 4.34. The van der Waals surface area contributed by atoms with Crippen LogP contribution in [0.15, 0.2) is 24.3 Å². The summed E-state index contributed by atoms with van der Waals surface area (Å²) in [4.78, 5) is 0. The Balaban J connectivity index is 3.01. The summed E-state index contributed by atoms with van der Waals surface area (Å²) in [6.07, 6.45) is 0. The lowest BCUT2D eigenvalue weighted by Crippen LogP contribution is -1.85. The zero-order valence-corrected chi connectivity index (χ0v) is 5.35. The molecule has 0 aliphatic carbocycles. The first-order valence-corrected chi connectivity index (χ1v) is 2.85. The highest BCUT2D eigenvalue weighted by molar-refractivity contribution is 6.33. The third-order valence-corrected chi connectivity index (χ3v) is 1.31. The minimum absolute atomic E-state index is 0.416. The van der Waals surface area contributed by atoms with Gasteiger partial charge >= 0.3 is 0 Å². The van der Waals surface area contributed by atoms with Gasteiger partial charge in [0.15, 0.2) is 0 Å². The number of hydrogen-bond donors (Lipinski definition) is 1. The first kappa shape index (κ1) is 6.39. The van der Waals surface area contributed by atoms with Crippen molar-refractivity contribution in [3.63, 3.8) is 0 Å². The summed E-state index contributed by atoms with van der Waals surface area (Å²) in [5, 5.41) is 10.5. The van der Waals surface area contributed by atoms with Gasteiger partial charge < -0.3 is 0 Å². The fraction of sp³-hybridized carbons (Fsp3) is 0. The quantitative estimate of drug-likeness (QED) is 0.599. The molecule has 0 amide bonds. The Bertz CT molecular complexity index is 202. The molecule has 0 saturated carbocycles. The molecular formula is C6H5ClNO. The third kappa shape index (κ3) is 1.34. The van der Waals surface area contributed by atoms with E-state index in [0.717, 1.165) is 0 Å². The van der Waals surface area contributed by atoms with E-state index in [1.807, 2.05) is 0 Å². The van der Waals surface area contributed by atoms with Crippen LogP contribution in [0.25, 0.3) is 0 Å². The monoisotopic (exact) mass is 142 g/mol. The lowest BCUT2D eigenvalue weighted by molar-refractivity contribution is 0.274. The Hall–Kier alpha value is -0.730. The van der Waals surface area contributed by atoms with Crippen LogP contribution in [-0.4, -0.2) is 0 Å². The molecule has 47 valence electrons. The molecule has 0 fully saturated rings. The molecule has 0 aliphatic rings. The molecule has 0 bridgehead atoms. The summed E-state index contributed by atoms with van der Waals surface area (Å²) in [5.41, 5.74) is 2.13. The number of halogens is 1. The number of rotatable bonds is 1. The zero-order chi connectivity index (χ0) is 6.69. The standard InChI is InChI=1S/C6H5ClNO/c7-5-3-1-2-4-6(5)8-9/h1-4,8H. The lowest BCUT2D eigenvalue weighted by Gasteiger charge is -1.95. The Kier molecular flexibility index (Phi) is 1.92. The summed E-state index contributed by atoms with van der Waals surface area (Å²) >= 11 is 5.56. The van der Waals surface area contributed by atoms with Gasteiger partial charge in [0.1, 0.15) is 0 Å². The SMILES string of the molecule is [O]Nc1ccccc1Cl. The molecule has 9 heavy (non-hydrogen) atoms. The molecule has 0 atom stereocenters. The molecule has 3 heteroatoms. The molecule has 1 rings (SSSR count).